The van der Waals surface area contributed by atoms with Gasteiger partial charge in [0.25, 0.3) is 0 Å². The lowest BCUT2D eigenvalue weighted by Crippen LogP contribution is -2.02. The monoisotopic (exact) mass is 318 g/mol. The van der Waals surface area contributed by atoms with E-state index in [0.717, 1.165) is 25.1 Å². The van der Waals surface area contributed by atoms with Crippen LogP contribution in [0.5, 0.6) is 11.5 Å². The van der Waals surface area contributed by atoms with E-state index < -0.39 is 10.5 Å². The Bertz CT molecular complexity index is 735. The molecule has 2 aromatic rings. The van der Waals surface area contributed by atoms with Gasteiger partial charge in [-0.25, -0.2) is 0 Å². The van der Waals surface area contributed by atoms with Crippen molar-refractivity contribution in [1.82, 2.24) is 0 Å². The number of benzene rings is 2. The summed E-state index contributed by atoms with van der Waals surface area (Å²) in [5.74, 6) is 1.04. The van der Waals surface area contributed by atoms with Crippen molar-refractivity contribution in [3.05, 3.63) is 48.5 Å². The van der Waals surface area contributed by atoms with Crippen LogP contribution in [0.3, 0.4) is 0 Å². The first kappa shape index (κ1) is 16.0. The molecular formula is C16H18N2O3S. The summed E-state index contributed by atoms with van der Waals surface area (Å²) in [6, 6.07) is 14.4. The highest BCUT2D eigenvalue weighted by Gasteiger charge is 2.11. The molecule has 0 aliphatic heterocycles. The molecule has 0 bridgehead atoms. The Balaban J connectivity index is 2.38. The first-order chi connectivity index (χ1) is 10.7. The summed E-state index contributed by atoms with van der Waals surface area (Å²) >= 11 is 0. The van der Waals surface area contributed by atoms with Crippen LogP contribution in [0, 0.1) is 0 Å². The summed E-state index contributed by atoms with van der Waals surface area (Å²) in [6.45, 7) is 2.89. The van der Waals surface area contributed by atoms with Crippen LogP contribution in [-0.2, 0) is 10.5 Å². The normalized spacial score (nSPS) is 10.0. The Labute approximate surface area is 131 Å². The van der Waals surface area contributed by atoms with Gasteiger partial charge >= 0.3 is 10.5 Å². The molecule has 0 atom stereocenters. The molecule has 0 saturated carbocycles. The van der Waals surface area contributed by atoms with Gasteiger partial charge in [-0.1, -0.05) is 37.6 Å². The van der Waals surface area contributed by atoms with Gasteiger partial charge in [0.05, 0.1) is 5.69 Å². The Morgan fingerprint density at radius 1 is 1.09 bits per heavy atom. The second kappa shape index (κ2) is 8.19. The number of unbranched alkanes of at least 4 members (excludes halogenated alkanes) is 1. The third kappa shape index (κ3) is 4.60. The summed E-state index contributed by atoms with van der Waals surface area (Å²) in [7, 11) is -2.53. The molecule has 0 heterocycles. The van der Waals surface area contributed by atoms with Crippen molar-refractivity contribution < 1.29 is 13.2 Å². The lowest BCUT2D eigenvalue weighted by atomic mass is 10.2. The fourth-order valence-corrected chi connectivity index (χ4v) is 2.23. The molecule has 116 valence electrons. The number of hydrogen-bond donors (Lipinski definition) is 1. The number of nitrogens with zero attached hydrogens (tertiary/aromatic N) is 1. The molecule has 0 unspecified atom stereocenters. The largest absolute Gasteiger partial charge is 0.453 e. The van der Waals surface area contributed by atoms with Crippen molar-refractivity contribution in [1.29, 1.82) is 0 Å². The highest BCUT2D eigenvalue weighted by atomic mass is 32.2. The van der Waals surface area contributed by atoms with E-state index in [-0.39, 0.29) is 5.69 Å². The molecule has 0 fully saturated rings. The molecule has 0 amide bonds. The Hall–Kier alpha value is -2.34. The number of rotatable bonds is 7. The summed E-state index contributed by atoms with van der Waals surface area (Å²) in [6.07, 6.45) is 2.08. The minimum atomic E-state index is -2.53. The summed E-state index contributed by atoms with van der Waals surface area (Å²) in [4.78, 5) is 0. The van der Waals surface area contributed by atoms with Gasteiger partial charge in [-0.15, -0.1) is 4.36 Å². The topological polar surface area (TPSA) is 67.8 Å². The molecule has 1 N–H and O–H groups in total. The van der Waals surface area contributed by atoms with Crippen LogP contribution in [0.25, 0.3) is 0 Å². The van der Waals surface area contributed by atoms with Crippen molar-refractivity contribution in [3.8, 4) is 11.5 Å². The molecule has 0 saturated heterocycles. The minimum Gasteiger partial charge on any atom is -0.453 e. The van der Waals surface area contributed by atoms with E-state index in [0.29, 0.717) is 11.5 Å². The lowest BCUT2D eigenvalue weighted by Gasteiger charge is -2.14. The number of ether oxygens (including phenoxy) is 1. The van der Waals surface area contributed by atoms with E-state index in [1.54, 1.807) is 24.3 Å². The predicted molar refractivity (Wildman–Crippen MR) is 87.4 cm³/mol. The zero-order valence-electron chi connectivity index (χ0n) is 12.3. The fraction of sp³-hybridized carbons (Fsp3) is 0.250. The van der Waals surface area contributed by atoms with Crippen LogP contribution >= 0.6 is 0 Å². The maximum Gasteiger partial charge on any atom is 0.316 e. The molecule has 0 aliphatic carbocycles. The lowest BCUT2D eigenvalue weighted by molar-refractivity contribution is 0.485. The van der Waals surface area contributed by atoms with Gasteiger partial charge in [-0.2, -0.15) is 8.42 Å². The van der Waals surface area contributed by atoms with E-state index in [2.05, 4.69) is 16.6 Å². The maximum absolute atomic E-state index is 10.9. The first-order valence-corrected chi connectivity index (χ1v) is 8.14. The van der Waals surface area contributed by atoms with Crippen molar-refractivity contribution in [3.63, 3.8) is 0 Å². The van der Waals surface area contributed by atoms with E-state index in [1.807, 2.05) is 24.3 Å². The molecule has 2 aromatic carbocycles. The quantitative estimate of drug-likeness (QED) is 0.769. The third-order valence-electron chi connectivity index (χ3n) is 2.98. The zero-order valence-corrected chi connectivity index (χ0v) is 13.1. The van der Waals surface area contributed by atoms with E-state index in [4.69, 9.17) is 4.74 Å². The average Bonchev–Trinajstić information content (AvgIpc) is 2.51. The third-order valence-corrected chi connectivity index (χ3v) is 3.32. The minimum absolute atomic E-state index is 0.277. The second-order valence-electron chi connectivity index (χ2n) is 4.66. The van der Waals surface area contributed by atoms with Crippen molar-refractivity contribution in [2.24, 2.45) is 4.36 Å². The van der Waals surface area contributed by atoms with Gasteiger partial charge in [0.2, 0.25) is 0 Å². The van der Waals surface area contributed by atoms with Crippen LogP contribution < -0.4 is 10.1 Å². The molecule has 2 rings (SSSR count). The SMILES string of the molecule is CCCCNc1cccc(N=S(=O)=O)c1Oc1ccccc1. The van der Waals surface area contributed by atoms with Crippen LogP contribution in [0.1, 0.15) is 19.8 Å². The average molecular weight is 318 g/mol. The van der Waals surface area contributed by atoms with Gasteiger partial charge in [-0.05, 0) is 30.7 Å². The first-order valence-electron chi connectivity index (χ1n) is 7.11. The van der Waals surface area contributed by atoms with E-state index in [1.165, 1.54) is 0 Å². The van der Waals surface area contributed by atoms with Crippen LogP contribution in [0.4, 0.5) is 11.4 Å². The summed E-state index contributed by atoms with van der Waals surface area (Å²) in [5.41, 5.74) is 1.00. The molecular weight excluding hydrogens is 300 g/mol. The molecule has 0 radical (unpaired) electrons. The van der Waals surface area contributed by atoms with Crippen molar-refractivity contribution in [2.75, 3.05) is 11.9 Å². The van der Waals surface area contributed by atoms with Crippen LogP contribution in [0.2, 0.25) is 0 Å². The smallest absolute Gasteiger partial charge is 0.316 e. The molecule has 22 heavy (non-hydrogen) atoms. The van der Waals surface area contributed by atoms with Crippen LogP contribution in [-0.4, -0.2) is 15.0 Å². The Kier molecular flexibility index (Phi) is 5.97. The Morgan fingerprint density at radius 2 is 1.86 bits per heavy atom. The highest BCUT2D eigenvalue weighted by Crippen LogP contribution is 2.38. The van der Waals surface area contributed by atoms with Gasteiger partial charge in [0.1, 0.15) is 11.4 Å². The second-order valence-corrected chi connectivity index (χ2v) is 5.27. The van der Waals surface area contributed by atoms with E-state index >= 15 is 0 Å². The number of anilines is 1. The van der Waals surface area contributed by atoms with Crippen molar-refractivity contribution >= 4 is 21.9 Å². The standard InChI is InChI=1S/C16H18N2O3S/c1-2-3-12-17-14-10-7-11-15(18-22(19)20)16(14)21-13-8-5-4-6-9-13/h4-11,17H,2-3,12H2,1H3. The molecule has 0 spiro atoms. The highest BCUT2D eigenvalue weighted by molar-refractivity contribution is 7.61. The number of hydrogen-bond acceptors (Lipinski definition) is 5. The predicted octanol–water partition coefficient (Wildman–Crippen LogP) is 4.39. The summed E-state index contributed by atoms with van der Waals surface area (Å²) < 4.78 is 31.2. The van der Waals surface area contributed by atoms with Gasteiger partial charge < -0.3 is 10.1 Å². The van der Waals surface area contributed by atoms with Gasteiger partial charge in [0.15, 0.2) is 5.75 Å². The summed E-state index contributed by atoms with van der Waals surface area (Å²) in [5, 5.41) is 3.26. The molecule has 6 heteroatoms. The van der Waals surface area contributed by atoms with Gasteiger partial charge in [0, 0.05) is 6.54 Å². The number of para-hydroxylation sites is 2. The van der Waals surface area contributed by atoms with Crippen molar-refractivity contribution in [2.45, 2.75) is 19.8 Å². The molecule has 0 aliphatic rings. The van der Waals surface area contributed by atoms with Crippen LogP contribution in [0.15, 0.2) is 52.9 Å². The number of nitrogens with one attached hydrogen (secondary N) is 1. The molecule has 5 nitrogen and oxygen atoms in total. The molecule has 0 aromatic heterocycles. The Morgan fingerprint density at radius 3 is 2.55 bits per heavy atom. The fourth-order valence-electron chi connectivity index (χ4n) is 1.93. The zero-order chi connectivity index (χ0) is 15.8. The van der Waals surface area contributed by atoms with E-state index in [9.17, 15) is 8.42 Å². The van der Waals surface area contributed by atoms with Gasteiger partial charge in [-0.3, -0.25) is 0 Å². The maximum atomic E-state index is 10.9.